The molecule has 0 aromatic carbocycles. The van der Waals surface area contributed by atoms with E-state index in [0.29, 0.717) is 23.9 Å². The molecule has 0 amide bonds. The first-order valence-corrected chi connectivity index (χ1v) is 10.4. The second-order valence-corrected chi connectivity index (χ2v) is 7.66. The molecule has 0 saturated heterocycles. The summed E-state index contributed by atoms with van der Waals surface area (Å²) < 4.78 is 2.11. The van der Waals surface area contributed by atoms with Gasteiger partial charge in [-0.05, 0) is 31.0 Å². The Labute approximate surface area is 174 Å². The first-order valence-electron chi connectivity index (χ1n) is 10.4. The molecule has 1 aliphatic rings. The molecule has 0 aliphatic heterocycles. The molecule has 3 aromatic heterocycles. The van der Waals surface area contributed by atoms with Gasteiger partial charge in [0.2, 0.25) is 5.95 Å². The van der Waals surface area contributed by atoms with Crippen LogP contribution in [-0.4, -0.2) is 36.4 Å². The SMILES string of the molecule is CCC(=O)c1cc2cnc(Nc3ccc(C(=O)O)cn3)nc2n1C1CCCCCC1. The maximum Gasteiger partial charge on any atom is 0.337 e. The van der Waals surface area contributed by atoms with Gasteiger partial charge in [0.1, 0.15) is 11.5 Å². The fourth-order valence-corrected chi connectivity index (χ4v) is 4.06. The number of aromatic carboxylic acids is 1. The van der Waals surface area contributed by atoms with Crippen LogP contribution in [0.4, 0.5) is 11.8 Å². The summed E-state index contributed by atoms with van der Waals surface area (Å²) in [6.07, 6.45) is 10.3. The Balaban J connectivity index is 1.72. The number of fused-ring (bicyclic) bond motifs is 1. The largest absolute Gasteiger partial charge is 0.478 e. The van der Waals surface area contributed by atoms with Crippen LogP contribution in [0.3, 0.4) is 0 Å². The monoisotopic (exact) mass is 407 g/mol. The summed E-state index contributed by atoms with van der Waals surface area (Å²) in [6, 6.07) is 5.21. The Morgan fingerprint density at radius 3 is 2.53 bits per heavy atom. The van der Waals surface area contributed by atoms with E-state index in [2.05, 4.69) is 19.9 Å². The summed E-state index contributed by atoms with van der Waals surface area (Å²) in [7, 11) is 0. The van der Waals surface area contributed by atoms with Crippen LogP contribution in [0, 0.1) is 0 Å². The number of carbonyl (C=O) groups excluding carboxylic acids is 1. The van der Waals surface area contributed by atoms with E-state index in [4.69, 9.17) is 10.1 Å². The molecular weight excluding hydrogens is 382 g/mol. The standard InChI is InChI=1S/C22H25N5O3/c1-2-18(28)17-11-15-13-24-22(25-19-10-9-14(12-23-19)21(29)30)26-20(15)27(17)16-7-5-3-4-6-8-16/h9-13,16H,2-8H2,1H3,(H,29,30)(H,23,24,25,26). The van der Waals surface area contributed by atoms with E-state index in [0.717, 1.165) is 36.7 Å². The van der Waals surface area contributed by atoms with Gasteiger partial charge in [-0.15, -0.1) is 0 Å². The average molecular weight is 407 g/mol. The number of nitrogens with one attached hydrogen (secondary N) is 1. The Hall–Kier alpha value is -3.29. The van der Waals surface area contributed by atoms with E-state index in [-0.39, 0.29) is 17.4 Å². The van der Waals surface area contributed by atoms with Gasteiger partial charge >= 0.3 is 5.97 Å². The molecule has 30 heavy (non-hydrogen) atoms. The van der Waals surface area contributed by atoms with Crippen LogP contribution in [0.1, 0.15) is 78.8 Å². The minimum atomic E-state index is -1.03. The zero-order valence-electron chi connectivity index (χ0n) is 17.0. The summed E-state index contributed by atoms with van der Waals surface area (Å²) in [5, 5.41) is 12.9. The van der Waals surface area contributed by atoms with E-state index in [1.807, 2.05) is 13.0 Å². The first kappa shape index (κ1) is 20.0. The lowest BCUT2D eigenvalue weighted by Crippen LogP contribution is -2.15. The van der Waals surface area contributed by atoms with Crippen LogP contribution >= 0.6 is 0 Å². The zero-order chi connectivity index (χ0) is 21.1. The molecule has 8 nitrogen and oxygen atoms in total. The molecule has 1 saturated carbocycles. The maximum absolute atomic E-state index is 12.7. The molecule has 3 heterocycles. The number of ketones is 1. The molecule has 0 spiro atoms. The highest BCUT2D eigenvalue weighted by Gasteiger charge is 2.23. The Morgan fingerprint density at radius 2 is 1.90 bits per heavy atom. The smallest absolute Gasteiger partial charge is 0.337 e. The number of anilines is 2. The lowest BCUT2D eigenvalue weighted by molar-refractivity contribution is 0.0696. The highest BCUT2D eigenvalue weighted by Crippen LogP contribution is 2.33. The lowest BCUT2D eigenvalue weighted by Gasteiger charge is -2.20. The topological polar surface area (TPSA) is 110 Å². The van der Waals surface area contributed by atoms with Crippen LogP contribution in [0.5, 0.6) is 0 Å². The van der Waals surface area contributed by atoms with Crippen molar-refractivity contribution in [1.82, 2.24) is 19.5 Å². The number of carboxylic acid groups (broad SMARTS) is 1. The molecule has 2 N–H and O–H groups in total. The van der Waals surface area contributed by atoms with Gasteiger partial charge in [0, 0.05) is 30.2 Å². The van der Waals surface area contributed by atoms with Gasteiger partial charge in [0.15, 0.2) is 5.78 Å². The number of carbonyl (C=O) groups is 2. The van der Waals surface area contributed by atoms with Gasteiger partial charge in [0.05, 0.1) is 11.3 Å². The van der Waals surface area contributed by atoms with Crippen LogP contribution in [-0.2, 0) is 0 Å². The number of rotatable bonds is 6. The van der Waals surface area contributed by atoms with Crippen molar-refractivity contribution >= 4 is 34.6 Å². The van der Waals surface area contributed by atoms with E-state index in [9.17, 15) is 9.59 Å². The quantitative estimate of drug-likeness (QED) is 0.448. The Kier molecular flexibility index (Phi) is 5.74. The van der Waals surface area contributed by atoms with Crippen molar-refractivity contribution in [3.63, 3.8) is 0 Å². The van der Waals surface area contributed by atoms with Crippen molar-refractivity contribution in [2.45, 2.75) is 57.9 Å². The summed E-state index contributed by atoms with van der Waals surface area (Å²) in [4.78, 5) is 36.8. The van der Waals surface area contributed by atoms with Crippen molar-refractivity contribution in [3.8, 4) is 0 Å². The van der Waals surface area contributed by atoms with E-state index in [1.54, 1.807) is 12.3 Å². The molecule has 4 rings (SSSR count). The van der Waals surface area contributed by atoms with Crippen LogP contribution in [0.25, 0.3) is 11.0 Å². The summed E-state index contributed by atoms with van der Waals surface area (Å²) in [5.41, 5.74) is 1.56. The molecule has 0 bridgehead atoms. The summed E-state index contributed by atoms with van der Waals surface area (Å²) >= 11 is 0. The van der Waals surface area contributed by atoms with E-state index >= 15 is 0 Å². The summed E-state index contributed by atoms with van der Waals surface area (Å²) in [5.74, 6) is -0.0999. The fourth-order valence-electron chi connectivity index (χ4n) is 4.06. The van der Waals surface area contributed by atoms with Crippen molar-refractivity contribution in [2.24, 2.45) is 0 Å². The average Bonchev–Trinajstić information content (AvgIpc) is 2.93. The van der Waals surface area contributed by atoms with Gasteiger partial charge in [-0.25, -0.2) is 14.8 Å². The molecule has 0 atom stereocenters. The van der Waals surface area contributed by atoms with Crippen molar-refractivity contribution < 1.29 is 14.7 Å². The third-order valence-corrected chi connectivity index (χ3v) is 5.62. The molecule has 3 aromatic rings. The van der Waals surface area contributed by atoms with Crippen LogP contribution < -0.4 is 5.32 Å². The molecule has 156 valence electrons. The number of hydrogen-bond acceptors (Lipinski definition) is 6. The second-order valence-electron chi connectivity index (χ2n) is 7.66. The zero-order valence-corrected chi connectivity index (χ0v) is 17.0. The highest BCUT2D eigenvalue weighted by atomic mass is 16.4. The molecule has 8 heteroatoms. The number of nitrogens with zero attached hydrogens (tertiary/aromatic N) is 4. The van der Waals surface area contributed by atoms with Crippen molar-refractivity contribution in [2.75, 3.05) is 5.32 Å². The first-order chi connectivity index (χ1) is 14.6. The van der Waals surface area contributed by atoms with Crippen molar-refractivity contribution in [1.29, 1.82) is 0 Å². The molecular formula is C22H25N5O3. The second kappa shape index (κ2) is 8.61. The van der Waals surface area contributed by atoms with Crippen molar-refractivity contribution in [3.05, 3.63) is 41.9 Å². The van der Waals surface area contributed by atoms with Gasteiger partial charge in [-0.2, -0.15) is 4.98 Å². The highest BCUT2D eigenvalue weighted by molar-refractivity contribution is 5.99. The fraction of sp³-hybridized carbons (Fsp3) is 0.409. The third kappa shape index (κ3) is 4.03. The predicted molar refractivity (Wildman–Crippen MR) is 113 cm³/mol. The number of carboxylic acids is 1. The van der Waals surface area contributed by atoms with Gasteiger partial charge in [0.25, 0.3) is 0 Å². The van der Waals surface area contributed by atoms with Gasteiger partial charge in [-0.1, -0.05) is 32.6 Å². The molecule has 0 unspecified atom stereocenters. The Morgan fingerprint density at radius 1 is 1.13 bits per heavy atom. The molecule has 0 radical (unpaired) electrons. The molecule has 1 fully saturated rings. The van der Waals surface area contributed by atoms with Crippen LogP contribution in [0.15, 0.2) is 30.6 Å². The van der Waals surface area contributed by atoms with E-state index in [1.165, 1.54) is 25.1 Å². The number of pyridine rings is 1. The molecule has 1 aliphatic carbocycles. The lowest BCUT2D eigenvalue weighted by atomic mass is 10.1. The van der Waals surface area contributed by atoms with Gasteiger partial charge < -0.3 is 15.0 Å². The minimum Gasteiger partial charge on any atom is -0.478 e. The van der Waals surface area contributed by atoms with Gasteiger partial charge in [-0.3, -0.25) is 4.79 Å². The summed E-state index contributed by atoms with van der Waals surface area (Å²) in [6.45, 7) is 1.88. The Bertz CT molecular complexity index is 1070. The number of aromatic nitrogens is 4. The minimum absolute atomic E-state index is 0.109. The third-order valence-electron chi connectivity index (χ3n) is 5.62. The normalized spacial score (nSPS) is 15.1. The maximum atomic E-state index is 12.7. The predicted octanol–water partition coefficient (Wildman–Crippen LogP) is 4.76. The van der Waals surface area contributed by atoms with E-state index < -0.39 is 5.97 Å². The number of Topliss-reactive ketones (excluding diaryl/α,β-unsaturated/α-hetero) is 1. The van der Waals surface area contributed by atoms with Crippen LogP contribution in [0.2, 0.25) is 0 Å². The number of hydrogen-bond donors (Lipinski definition) is 2.